The van der Waals surface area contributed by atoms with Crippen molar-refractivity contribution in [1.82, 2.24) is 10.3 Å². The third-order valence-electron chi connectivity index (χ3n) is 3.06. The van der Waals surface area contributed by atoms with E-state index in [4.69, 9.17) is 0 Å². The molecule has 2 amide bonds. The predicted octanol–water partition coefficient (Wildman–Crippen LogP) is 3.54. The maximum atomic E-state index is 12.3. The molecule has 2 aromatic rings. The molecule has 0 bridgehead atoms. The molecule has 2 rings (SSSR count). The molecular formula is C17H18BrN3O2. The number of hydrogen-bond donors (Lipinski definition) is 2. The van der Waals surface area contributed by atoms with Gasteiger partial charge in [-0.3, -0.25) is 9.59 Å². The molecule has 23 heavy (non-hydrogen) atoms. The van der Waals surface area contributed by atoms with Crippen LogP contribution in [0.1, 0.15) is 40.4 Å². The third-order valence-corrected chi connectivity index (χ3v) is 3.92. The summed E-state index contributed by atoms with van der Waals surface area (Å²) < 4.78 is 0.910. The Kier molecular flexibility index (Phi) is 5.50. The number of rotatable bonds is 4. The number of benzene rings is 1. The Morgan fingerprint density at radius 3 is 2.35 bits per heavy atom. The van der Waals surface area contributed by atoms with Gasteiger partial charge in [0.05, 0.1) is 0 Å². The van der Waals surface area contributed by atoms with Gasteiger partial charge < -0.3 is 10.6 Å². The Balaban J connectivity index is 2.16. The van der Waals surface area contributed by atoms with Crippen LogP contribution in [-0.4, -0.2) is 22.8 Å². The SMILES string of the molecule is Cc1ccc(NC(=O)c2cccc(C(=O)NC(C)C)n2)cc1Br. The second kappa shape index (κ2) is 7.37. The van der Waals surface area contributed by atoms with E-state index in [1.165, 1.54) is 0 Å². The molecule has 0 unspecified atom stereocenters. The number of anilines is 1. The molecule has 1 aromatic carbocycles. The molecule has 1 heterocycles. The van der Waals surface area contributed by atoms with Gasteiger partial charge in [-0.1, -0.05) is 28.1 Å². The van der Waals surface area contributed by atoms with Crippen molar-refractivity contribution in [2.45, 2.75) is 26.8 Å². The van der Waals surface area contributed by atoms with E-state index in [1.807, 2.05) is 39.0 Å². The second-order valence-corrected chi connectivity index (χ2v) is 6.31. The van der Waals surface area contributed by atoms with Gasteiger partial charge in [0.1, 0.15) is 11.4 Å². The van der Waals surface area contributed by atoms with Crippen molar-refractivity contribution >= 4 is 33.4 Å². The van der Waals surface area contributed by atoms with Gasteiger partial charge >= 0.3 is 0 Å². The largest absolute Gasteiger partial charge is 0.349 e. The third kappa shape index (κ3) is 4.63. The van der Waals surface area contributed by atoms with E-state index in [9.17, 15) is 9.59 Å². The fourth-order valence-electron chi connectivity index (χ4n) is 1.89. The summed E-state index contributed by atoms with van der Waals surface area (Å²) in [5.41, 5.74) is 2.15. The number of carbonyl (C=O) groups excluding carboxylic acids is 2. The van der Waals surface area contributed by atoms with Gasteiger partial charge in [-0.05, 0) is 50.6 Å². The lowest BCUT2D eigenvalue weighted by molar-refractivity contribution is 0.0938. The maximum Gasteiger partial charge on any atom is 0.274 e. The minimum absolute atomic E-state index is 0.00620. The Morgan fingerprint density at radius 2 is 1.74 bits per heavy atom. The maximum absolute atomic E-state index is 12.3. The number of aromatic nitrogens is 1. The van der Waals surface area contributed by atoms with Crippen LogP contribution in [0, 0.1) is 6.92 Å². The molecule has 6 heteroatoms. The quantitative estimate of drug-likeness (QED) is 0.858. The number of aryl methyl sites for hydroxylation is 1. The average molecular weight is 376 g/mol. The van der Waals surface area contributed by atoms with Gasteiger partial charge in [0, 0.05) is 16.2 Å². The first-order valence-electron chi connectivity index (χ1n) is 7.22. The molecule has 0 radical (unpaired) electrons. The van der Waals surface area contributed by atoms with Gasteiger partial charge in [-0.25, -0.2) is 4.98 Å². The summed E-state index contributed by atoms with van der Waals surface area (Å²) in [6.07, 6.45) is 0. The van der Waals surface area contributed by atoms with Crippen molar-refractivity contribution in [3.8, 4) is 0 Å². The normalized spacial score (nSPS) is 10.5. The number of nitrogens with zero attached hydrogens (tertiary/aromatic N) is 1. The van der Waals surface area contributed by atoms with Crippen LogP contribution in [0.15, 0.2) is 40.9 Å². The van der Waals surface area contributed by atoms with Crippen molar-refractivity contribution in [1.29, 1.82) is 0 Å². The number of halogens is 1. The lowest BCUT2D eigenvalue weighted by atomic mass is 10.2. The molecule has 1 aromatic heterocycles. The lowest BCUT2D eigenvalue weighted by Gasteiger charge is -2.09. The summed E-state index contributed by atoms with van der Waals surface area (Å²) in [7, 11) is 0. The number of pyridine rings is 1. The highest BCUT2D eigenvalue weighted by molar-refractivity contribution is 9.10. The van der Waals surface area contributed by atoms with Crippen molar-refractivity contribution in [3.05, 3.63) is 57.8 Å². The Hall–Kier alpha value is -2.21. The van der Waals surface area contributed by atoms with Crippen LogP contribution in [0.2, 0.25) is 0 Å². The highest BCUT2D eigenvalue weighted by Gasteiger charge is 2.13. The first-order chi connectivity index (χ1) is 10.9. The highest BCUT2D eigenvalue weighted by atomic mass is 79.9. The lowest BCUT2D eigenvalue weighted by Crippen LogP contribution is -2.31. The predicted molar refractivity (Wildman–Crippen MR) is 93.7 cm³/mol. The average Bonchev–Trinajstić information content (AvgIpc) is 2.50. The van der Waals surface area contributed by atoms with Gasteiger partial charge in [-0.15, -0.1) is 0 Å². The first kappa shape index (κ1) is 17.1. The van der Waals surface area contributed by atoms with E-state index in [0.29, 0.717) is 5.69 Å². The summed E-state index contributed by atoms with van der Waals surface area (Å²) in [5.74, 6) is -0.660. The summed E-state index contributed by atoms with van der Waals surface area (Å²) in [6, 6.07) is 10.3. The summed E-state index contributed by atoms with van der Waals surface area (Å²) in [4.78, 5) is 28.4. The summed E-state index contributed by atoms with van der Waals surface area (Å²) >= 11 is 3.43. The fourth-order valence-corrected chi connectivity index (χ4v) is 2.27. The van der Waals surface area contributed by atoms with Gasteiger partial charge in [0.15, 0.2) is 0 Å². The molecular weight excluding hydrogens is 358 g/mol. The van der Waals surface area contributed by atoms with E-state index in [-0.39, 0.29) is 29.2 Å². The van der Waals surface area contributed by atoms with Crippen molar-refractivity contribution in [3.63, 3.8) is 0 Å². The molecule has 0 atom stereocenters. The molecule has 120 valence electrons. The van der Waals surface area contributed by atoms with E-state index < -0.39 is 0 Å². The van der Waals surface area contributed by atoms with E-state index >= 15 is 0 Å². The number of nitrogens with one attached hydrogen (secondary N) is 2. The van der Waals surface area contributed by atoms with E-state index in [1.54, 1.807) is 18.2 Å². The molecule has 0 spiro atoms. The number of carbonyl (C=O) groups is 2. The van der Waals surface area contributed by atoms with Gasteiger partial charge in [0.25, 0.3) is 11.8 Å². The van der Waals surface area contributed by atoms with Crippen LogP contribution in [0.5, 0.6) is 0 Å². The van der Waals surface area contributed by atoms with Gasteiger partial charge in [-0.2, -0.15) is 0 Å². The standard InChI is InChI=1S/C17H18BrN3O2/c1-10(2)19-16(22)14-5-4-6-15(21-14)17(23)20-12-8-7-11(3)13(18)9-12/h4-10H,1-3H3,(H,19,22)(H,20,23). The topological polar surface area (TPSA) is 71.1 Å². The molecule has 2 N–H and O–H groups in total. The molecule has 0 aliphatic heterocycles. The Labute approximate surface area is 143 Å². The molecule has 0 saturated carbocycles. The zero-order valence-electron chi connectivity index (χ0n) is 13.2. The molecule has 0 aliphatic rings. The first-order valence-corrected chi connectivity index (χ1v) is 8.01. The van der Waals surface area contributed by atoms with E-state index in [2.05, 4.69) is 31.5 Å². The summed E-state index contributed by atoms with van der Waals surface area (Å²) in [6.45, 7) is 5.70. The van der Waals surface area contributed by atoms with Crippen LogP contribution in [0.3, 0.4) is 0 Å². The van der Waals surface area contributed by atoms with Gasteiger partial charge in [0.2, 0.25) is 0 Å². The highest BCUT2D eigenvalue weighted by Crippen LogP contribution is 2.21. The minimum atomic E-state index is -0.361. The van der Waals surface area contributed by atoms with Crippen LogP contribution in [0.4, 0.5) is 5.69 Å². The van der Waals surface area contributed by atoms with Crippen LogP contribution in [-0.2, 0) is 0 Å². The van der Waals surface area contributed by atoms with E-state index in [0.717, 1.165) is 10.0 Å². The van der Waals surface area contributed by atoms with Crippen molar-refractivity contribution < 1.29 is 9.59 Å². The number of hydrogen-bond acceptors (Lipinski definition) is 3. The molecule has 0 fully saturated rings. The van der Waals surface area contributed by atoms with Crippen LogP contribution >= 0.6 is 15.9 Å². The second-order valence-electron chi connectivity index (χ2n) is 5.45. The Bertz CT molecular complexity index is 744. The van der Waals surface area contributed by atoms with Crippen molar-refractivity contribution in [2.24, 2.45) is 0 Å². The number of amides is 2. The molecule has 0 saturated heterocycles. The van der Waals surface area contributed by atoms with Crippen LogP contribution in [0.25, 0.3) is 0 Å². The Morgan fingerprint density at radius 1 is 1.09 bits per heavy atom. The smallest absolute Gasteiger partial charge is 0.274 e. The molecule has 5 nitrogen and oxygen atoms in total. The van der Waals surface area contributed by atoms with Crippen molar-refractivity contribution in [2.75, 3.05) is 5.32 Å². The fraction of sp³-hybridized carbons (Fsp3) is 0.235. The van der Waals surface area contributed by atoms with Crippen LogP contribution < -0.4 is 10.6 Å². The monoisotopic (exact) mass is 375 g/mol. The zero-order valence-corrected chi connectivity index (χ0v) is 14.8. The minimum Gasteiger partial charge on any atom is -0.349 e. The molecule has 0 aliphatic carbocycles. The zero-order chi connectivity index (χ0) is 17.0. The summed E-state index contributed by atoms with van der Waals surface area (Å²) in [5, 5.41) is 5.52.